The van der Waals surface area contributed by atoms with Crippen molar-refractivity contribution in [1.29, 1.82) is 0 Å². The van der Waals surface area contributed by atoms with E-state index in [0.29, 0.717) is 11.7 Å². The van der Waals surface area contributed by atoms with Gasteiger partial charge in [-0.2, -0.15) is 4.98 Å². The smallest absolute Gasteiger partial charge is 0.232 e. The average Bonchev–Trinajstić information content (AvgIpc) is 2.67. The predicted octanol–water partition coefficient (Wildman–Crippen LogP) is 3.03. The largest absolute Gasteiger partial charge is 0.338 e. The Morgan fingerprint density at radius 1 is 1.07 bits per heavy atom. The Kier molecular flexibility index (Phi) is 2.31. The van der Waals surface area contributed by atoms with Crippen LogP contribution in [-0.4, -0.2) is 10.1 Å². The highest BCUT2D eigenvalue weighted by atomic mass is 16.5. The molecule has 3 nitrogen and oxygen atoms in total. The normalized spacial score (nSPS) is 11.7. The van der Waals surface area contributed by atoms with Crippen LogP contribution in [0.2, 0.25) is 0 Å². The molecular weight excluding hydrogens is 188 g/mol. The Hall–Kier alpha value is -1.64. The monoisotopic (exact) mass is 202 g/mol. The van der Waals surface area contributed by atoms with Crippen molar-refractivity contribution in [3.63, 3.8) is 0 Å². The molecule has 0 radical (unpaired) electrons. The first-order valence-corrected chi connectivity index (χ1v) is 4.97. The molecule has 1 aromatic carbocycles. The van der Waals surface area contributed by atoms with Gasteiger partial charge in [-0.1, -0.05) is 56.3 Å². The summed E-state index contributed by atoms with van der Waals surface area (Å²) >= 11 is 0. The predicted molar refractivity (Wildman–Crippen MR) is 58.4 cm³/mol. The van der Waals surface area contributed by atoms with E-state index in [4.69, 9.17) is 4.52 Å². The van der Waals surface area contributed by atoms with Crippen molar-refractivity contribution < 1.29 is 4.52 Å². The molecule has 0 bridgehead atoms. The van der Waals surface area contributed by atoms with Crippen LogP contribution in [0.3, 0.4) is 0 Å². The van der Waals surface area contributed by atoms with E-state index in [1.807, 2.05) is 30.3 Å². The third-order valence-electron chi connectivity index (χ3n) is 2.10. The first-order valence-electron chi connectivity index (χ1n) is 4.97. The fourth-order valence-electron chi connectivity index (χ4n) is 1.23. The highest BCUT2D eigenvalue weighted by molar-refractivity contribution is 5.53. The van der Waals surface area contributed by atoms with Crippen molar-refractivity contribution >= 4 is 0 Å². The maximum atomic E-state index is 5.22. The van der Waals surface area contributed by atoms with Gasteiger partial charge in [0.1, 0.15) is 0 Å². The third-order valence-corrected chi connectivity index (χ3v) is 2.10. The van der Waals surface area contributed by atoms with E-state index in [0.717, 1.165) is 5.56 Å². The second-order valence-corrected chi connectivity index (χ2v) is 4.54. The Morgan fingerprint density at radius 3 is 2.27 bits per heavy atom. The lowest BCUT2D eigenvalue weighted by Crippen LogP contribution is -2.11. The van der Waals surface area contributed by atoms with Gasteiger partial charge < -0.3 is 4.52 Å². The van der Waals surface area contributed by atoms with Crippen molar-refractivity contribution in [3.05, 3.63) is 36.2 Å². The molecule has 0 aliphatic heterocycles. The van der Waals surface area contributed by atoms with Gasteiger partial charge in [0.2, 0.25) is 11.7 Å². The number of benzene rings is 1. The van der Waals surface area contributed by atoms with Crippen molar-refractivity contribution in [2.45, 2.75) is 26.2 Å². The first-order chi connectivity index (χ1) is 7.07. The molecule has 2 aromatic rings. The summed E-state index contributed by atoms with van der Waals surface area (Å²) in [5, 5.41) is 3.97. The molecule has 0 spiro atoms. The zero-order valence-corrected chi connectivity index (χ0v) is 9.19. The summed E-state index contributed by atoms with van der Waals surface area (Å²) in [6, 6.07) is 9.83. The molecule has 0 aliphatic rings. The van der Waals surface area contributed by atoms with E-state index in [-0.39, 0.29) is 5.41 Å². The van der Waals surface area contributed by atoms with Crippen LogP contribution in [0.25, 0.3) is 11.4 Å². The molecule has 1 aromatic heterocycles. The Morgan fingerprint density at radius 2 is 1.73 bits per heavy atom. The molecule has 0 amide bonds. The molecule has 0 atom stereocenters. The maximum absolute atomic E-state index is 5.22. The molecule has 78 valence electrons. The Bertz CT molecular complexity index is 440. The quantitative estimate of drug-likeness (QED) is 0.713. The highest BCUT2D eigenvalue weighted by Gasteiger charge is 2.21. The van der Waals surface area contributed by atoms with Gasteiger partial charge in [-0.15, -0.1) is 0 Å². The molecular formula is C12H14N2O. The van der Waals surface area contributed by atoms with Gasteiger partial charge in [0.25, 0.3) is 0 Å². The van der Waals surface area contributed by atoms with Crippen LogP contribution < -0.4 is 0 Å². The van der Waals surface area contributed by atoms with Crippen LogP contribution in [-0.2, 0) is 5.41 Å². The van der Waals surface area contributed by atoms with Crippen LogP contribution in [0.4, 0.5) is 0 Å². The molecule has 0 aliphatic carbocycles. The van der Waals surface area contributed by atoms with Crippen LogP contribution in [0.5, 0.6) is 0 Å². The minimum Gasteiger partial charge on any atom is -0.338 e. The topological polar surface area (TPSA) is 38.9 Å². The molecule has 0 fully saturated rings. The fraction of sp³-hybridized carbons (Fsp3) is 0.333. The Balaban J connectivity index is 2.37. The van der Waals surface area contributed by atoms with Gasteiger partial charge >= 0.3 is 0 Å². The average molecular weight is 202 g/mol. The number of hydrogen-bond acceptors (Lipinski definition) is 3. The van der Waals surface area contributed by atoms with Gasteiger partial charge in [0.15, 0.2) is 0 Å². The lowest BCUT2D eigenvalue weighted by atomic mass is 9.97. The molecule has 0 saturated carbocycles. The maximum Gasteiger partial charge on any atom is 0.232 e. The molecule has 3 heteroatoms. The highest BCUT2D eigenvalue weighted by Crippen LogP contribution is 2.23. The summed E-state index contributed by atoms with van der Waals surface area (Å²) in [6.07, 6.45) is 0. The minimum absolute atomic E-state index is 0.0972. The van der Waals surface area contributed by atoms with Gasteiger partial charge in [-0.05, 0) is 0 Å². The zero-order chi connectivity index (χ0) is 10.9. The summed E-state index contributed by atoms with van der Waals surface area (Å²) in [4.78, 5) is 4.37. The van der Waals surface area contributed by atoms with E-state index in [9.17, 15) is 0 Å². The summed E-state index contributed by atoms with van der Waals surface area (Å²) in [5.41, 5.74) is 0.886. The van der Waals surface area contributed by atoms with E-state index in [2.05, 4.69) is 30.9 Å². The summed E-state index contributed by atoms with van der Waals surface area (Å²) in [7, 11) is 0. The van der Waals surface area contributed by atoms with E-state index < -0.39 is 0 Å². The van der Waals surface area contributed by atoms with Gasteiger partial charge in [0, 0.05) is 11.0 Å². The molecule has 1 heterocycles. The molecule has 0 N–H and O–H groups in total. The van der Waals surface area contributed by atoms with Gasteiger partial charge in [0.05, 0.1) is 0 Å². The molecule has 2 rings (SSSR count). The third kappa shape index (κ3) is 2.06. The summed E-state index contributed by atoms with van der Waals surface area (Å²) < 4.78 is 5.22. The standard InChI is InChI=1S/C12H14N2O/c1-12(2,3)11-13-10(14-15-11)9-7-5-4-6-8-9/h4-8H,1-3H3. The SMILES string of the molecule is CC(C)(C)c1nc(-c2ccccc2)no1. The number of nitrogens with zero attached hydrogens (tertiary/aromatic N) is 2. The number of aromatic nitrogens is 2. The zero-order valence-electron chi connectivity index (χ0n) is 9.19. The fourth-order valence-corrected chi connectivity index (χ4v) is 1.23. The molecule has 15 heavy (non-hydrogen) atoms. The van der Waals surface area contributed by atoms with Crippen LogP contribution in [0.1, 0.15) is 26.7 Å². The van der Waals surface area contributed by atoms with Crippen molar-refractivity contribution in [1.82, 2.24) is 10.1 Å². The molecule has 0 unspecified atom stereocenters. The van der Waals surface area contributed by atoms with Crippen molar-refractivity contribution in [2.24, 2.45) is 0 Å². The van der Waals surface area contributed by atoms with E-state index in [1.165, 1.54) is 0 Å². The van der Waals surface area contributed by atoms with Crippen LogP contribution in [0, 0.1) is 0 Å². The Labute approximate surface area is 89.1 Å². The van der Waals surface area contributed by atoms with Crippen LogP contribution >= 0.6 is 0 Å². The molecule has 0 saturated heterocycles. The van der Waals surface area contributed by atoms with Crippen molar-refractivity contribution in [2.75, 3.05) is 0 Å². The number of rotatable bonds is 1. The van der Waals surface area contributed by atoms with Gasteiger partial charge in [-0.3, -0.25) is 0 Å². The summed E-state index contributed by atoms with van der Waals surface area (Å²) in [5.74, 6) is 1.32. The van der Waals surface area contributed by atoms with E-state index >= 15 is 0 Å². The lowest BCUT2D eigenvalue weighted by Gasteiger charge is -2.10. The number of hydrogen-bond donors (Lipinski definition) is 0. The van der Waals surface area contributed by atoms with Gasteiger partial charge in [-0.25, -0.2) is 0 Å². The first kappa shape index (κ1) is 9.90. The second-order valence-electron chi connectivity index (χ2n) is 4.54. The lowest BCUT2D eigenvalue weighted by molar-refractivity contribution is 0.321. The summed E-state index contributed by atoms with van der Waals surface area (Å²) in [6.45, 7) is 6.15. The van der Waals surface area contributed by atoms with Crippen LogP contribution in [0.15, 0.2) is 34.9 Å². The minimum atomic E-state index is -0.0972. The van der Waals surface area contributed by atoms with E-state index in [1.54, 1.807) is 0 Å². The van der Waals surface area contributed by atoms with Crippen molar-refractivity contribution in [3.8, 4) is 11.4 Å². The second kappa shape index (κ2) is 3.50.